The molecule has 0 saturated carbocycles. The number of hydrogen-bond donors (Lipinski definition) is 1. The van der Waals surface area contributed by atoms with Crippen molar-refractivity contribution in [3.8, 4) is 11.5 Å². The van der Waals surface area contributed by atoms with Crippen molar-refractivity contribution < 1.29 is 22.6 Å². The molecule has 7 heteroatoms. The molecule has 4 nitrogen and oxygen atoms in total. The Kier molecular flexibility index (Phi) is 11.5. The van der Waals surface area contributed by atoms with Crippen molar-refractivity contribution in [2.24, 2.45) is 0 Å². The first-order valence-corrected chi connectivity index (χ1v) is 16.8. The van der Waals surface area contributed by atoms with E-state index >= 15 is 13.2 Å². The van der Waals surface area contributed by atoms with Gasteiger partial charge in [0.05, 0.1) is 12.1 Å². The van der Waals surface area contributed by atoms with Gasteiger partial charge in [0.15, 0.2) is 0 Å². The summed E-state index contributed by atoms with van der Waals surface area (Å²) in [5.74, 6) is -0.424. The van der Waals surface area contributed by atoms with Gasteiger partial charge >= 0.3 is 0 Å². The fourth-order valence-electron chi connectivity index (χ4n) is 6.80. The second kappa shape index (κ2) is 15.5. The van der Waals surface area contributed by atoms with Crippen LogP contribution in [-0.4, -0.2) is 42.3 Å². The fraction of sp³-hybridized carbons (Fsp3) is 0.526. The highest BCUT2D eigenvalue weighted by Gasteiger charge is 2.39. The predicted molar refractivity (Wildman–Crippen MR) is 175 cm³/mol. The number of alkyl halides is 1. The number of nitrogens with one attached hydrogen (secondary N) is 1. The average Bonchev–Trinajstić information content (AvgIpc) is 2.98. The van der Waals surface area contributed by atoms with E-state index in [1.807, 2.05) is 60.4 Å². The molecular weight excluding hydrogens is 573 g/mol. The number of fused-ring (bicyclic) bond motifs is 1. The topological polar surface area (TPSA) is 33.7 Å². The molecule has 2 aliphatic heterocycles. The summed E-state index contributed by atoms with van der Waals surface area (Å²) in [5, 5.41) is 3.49. The van der Waals surface area contributed by atoms with E-state index in [0.717, 1.165) is 68.3 Å². The van der Waals surface area contributed by atoms with Crippen LogP contribution in [0.2, 0.25) is 0 Å². The molecule has 1 saturated heterocycles. The second-order valence-electron chi connectivity index (χ2n) is 13.5. The quantitative estimate of drug-likeness (QED) is 0.272. The molecule has 45 heavy (non-hydrogen) atoms. The minimum absolute atomic E-state index is 0.0403. The second-order valence-corrected chi connectivity index (χ2v) is 13.5. The van der Waals surface area contributed by atoms with Gasteiger partial charge in [-0.1, -0.05) is 49.2 Å². The molecule has 2 unspecified atom stereocenters. The Bertz CT molecular complexity index is 1340. The molecule has 0 aromatic heterocycles. The maximum Gasteiger partial charge on any atom is 0.134 e. The molecule has 2 heterocycles. The number of benzene rings is 3. The van der Waals surface area contributed by atoms with Crippen LogP contribution < -0.4 is 14.8 Å². The van der Waals surface area contributed by atoms with Crippen LogP contribution in [0.25, 0.3) is 0 Å². The number of ether oxygens (including phenoxy) is 2. The van der Waals surface area contributed by atoms with Crippen LogP contribution in [0, 0.1) is 11.6 Å². The van der Waals surface area contributed by atoms with E-state index in [2.05, 4.69) is 5.32 Å². The lowest BCUT2D eigenvalue weighted by molar-refractivity contribution is 0.0650. The van der Waals surface area contributed by atoms with Gasteiger partial charge in [0, 0.05) is 30.3 Å². The normalized spacial score (nSPS) is 22.1. The van der Waals surface area contributed by atoms with Crippen LogP contribution in [-0.2, 0) is 13.0 Å². The Labute approximate surface area is 267 Å². The van der Waals surface area contributed by atoms with Crippen LogP contribution in [0.15, 0.2) is 60.7 Å². The minimum Gasteiger partial charge on any atom is -0.490 e. The van der Waals surface area contributed by atoms with Crippen molar-refractivity contribution in [1.29, 1.82) is 0 Å². The highest BCUT2D eigenvalue weighted by atomic mass is 19.1. The van der Waals surface area contributed by atoms with Crippen molar-refractivity contribution in [1.82, 2.24) is 10.2 Å². The summed E-state index contributed by atoms with van der Waals surface area (Å²) in [6.07, 6.45) is 8.83. The first-order chi connectivity index (χ1) is 21.7. The highest BCUT2D eigenvalue weighted by molar-refractivity contribution is 5.46. The zero-order valence-corrected chi connectivity index (χ0v) is 27.1. The SMILES string of the molecule is C[C@@H]1Cc2cc(OCc3ccccc3)ccc2C(c2c(F)cc(OC3CCCCCCNCCCC3)cc2F)N1CC(C)(C)F. The van der Waals surface area contributed by atoms with Crippen LogP contribution in [0.5, 0.6) is 11.5 Å². The van der Waals surface area contributed by atoms with E-state index in [4.69, 9.17) is 9.47 Å². The van der Waals surface area contributed by atoms with Crippen molar-refractivity contribution in [2.45, 2.75) is 109 Å². The molecule has 0 bridgehead atoms. The zero-order valence-electron chi connectivity index (χ0n) is 27.1. The van der Waals surface area contributed by atoms with Gasteiger partial charge < -0.3 is 14.8 Å². The summed E-state index contributed by atoms with van der Waals surface area (Å²) >= 11 is 0. The fourth-order valence-corrected chi connectivity index (χ4v) is 6.80. The van der Waals surface area contributed by atoms with E-state index < -0.39 is 23.3 Å². The van der Waals surface area contributed by atoms with Gasteiger partial charge in [-0.05, 0) is 108 Å². The summed E-state index contributed by atoms with van der Waals surface area (Å²) in [5.41, 5.74) is 1.15. The third kappa shape index (κ3) is 9.26. The lowest BCUT2D eigenvalue weighted by Gasteiger charge is -2.44. The van der Waals surface area contributed by atoms with Crippen LogP contribution in [0.3, 0.4) is 0 Å². The van der Waals surface area contributed by atoms with Gasteiger partial charge in [0.2, 0.25) is 0 Å². The molecule has 3 aromatic carbocycles. The standard InChI is InChI=1S/C38H49F3N2O2/c1-27-21-29-22-31(44-25-28-13-7-6-8-14-28)17-18-33(29)37(43(27)26-38(2,3)41)36-34(39)23-32(24-35(36)40)45-30-15-9-4-5-11-19-42-20-12-10-16-30/h6-8,13-14,17-18,22-24,27,30,37,42H,4-5,9-12,15-16,19-21,25-26H2,1-3H3/t27-,30?,37?/m1/s1. The van der Waals surface area contributed by atoms with E-state index in [0.29, 0.717) is 18.8 Å². The maximum atomic E-state index is 16.2. The molecular formula is C38H49F3N2O2. The van der Waals surface area contributed by atoms with Gasteiger partial charge in [-0.25, -0.2) is 13.2 Å². The summed E-state index contributed by atoms with van der Waals surface area (Å²) < 4.78 is 59.8. The molecule has 0 spiro atoms. The number of nitrogens with zero attached hydrogens (tertiary/aromatic N) is 1. The summed E-state index contributed by atoms with van der Waals surface area (Å²) in [6, 6.07) is 17.3. The van der Waals surface area contributed by atoms with Crippen LogP contribution in [0.4, 0.5) is 13.2 Å². The molecule has 5 rings (SSSR count). The molecule has 2 aliphatic rings. The van der Waals surface area contributed by atoms with E-state index in [9.17, 15) is 0 Å². The third-order valence-electron chi connectivity index (χ3n) is 9.02. The van der Waals surface area contributed by atoms with Gasteiger partial charge in [0.25, 0.3) is 0 Å². The van der Waals surface area contributed by atoms with Gasteiger partial charge in [-0.3, -0.25) is 4.90 Å². The number of rotatable bonds is 8. The average molecular weight is 623 g/mol. The first kappa shape index (κ1) is 33.3. The monoisotopic (exact) mass is 622 g/mol. The highest BCUT2D eigenvalue weighted by Crippen LogP contribution is 2.43. The smallest absolute Gasteiger partial charge is 0.134 e. The van der Waals surface area contributed by atoms with E-state index in [1.165, 1.54) is 38.8 Å². The van der Waals surface area contributed by atoms with E-state index in [-0.39, 0.29) is 30.0 Å². The van der Waals surface area contributed by atoms with Crippen molar-refractivity contribution in [3.63, 3.8) is 0 Å². The molecule has 0 aliphatic carbocycles. The van der Waals surface area contributed by atoms with Gasteiger partial charge in [-0.2, -0.15) is 0 Å². The Hall–Kier alpha value is -3.03. The molecule has 3 atom stereocenters. The molecule has 0 radical (unpaired) electrons. The van der Waals surface area contributed by atoms with Crippen molar-refractivity contribution in [3.05, 3.63) is 94.6 Å². The van der Waals surface area contributed by atoms with Crippen molar-refractivity contribution >= 4 is 0 Å². The molecule has 1 fully saturated rings. The summed E-state index contributed by atoms with van der Waals surface area (Å²) in [7, 11) is 0. The Morgan fingerprint density at radius 3 is 2.22 bits per heavy atom. The van der Waals surface area contributed by atoms with Crippen LogP contribution >= 0.6 is 0 Å². The van der Waals surface area contributed by atoms with Crippen molar-refractivity contribution in [2.75, 3.05) is 19.6 Å². The molecule has 244 valence electrons. The third-order valence-corrected chi connectivity index (χ3v) is 9.02. The lowest BCUT2D eigenvalue weighted by atomic mass is 9.83. The predicted octanol–water partition coefficient (Wildman–Crippen LogP) is 9.10. The zero-order chi connectivity index (χ0) is 31.8. The summed E-state index contributed by atoms with van der Waals surface area (Å²) in [6.45, 7) is 7.52. The molecule has 0 amide bonds. The van der Waals surface area contributed by atoms with Gasteiger partial charge in [-0.15, -0.1) is 0 Å². The molecule has 1 N–H and O–H groups in total. The van der Waals surface area contributed by atoms with Gasteiger partial charge in [0.1, 0.15) is 35.4 Å². The first-order valence-electron chi connectivity index (χ1n) is 16.8. The Morgan fingerprint density at radius 2 is 1.51 bits per heavy atom. The summed E-state index contributed by atoms with van der Waals surface area (Å²) in [4.78, 5) is 1.90. The number of halogens is 3. The maximum absolute atomic E-state index is 16.2. The number of hydrogen-bond acceptors (Lipinski definition) is 4. The Morgan fingerprint density at radius 1 is 0.844 bits per heavy atom. The minimum atomic E-state index is -1.55. The lowest BCUT2D eigenvalue weighted by Crippen LogP contribution is -2.48. The largest absolute Gasteiger partial charge is 0.490 e. The van der Waals surface area contributed by atoms with E-state index in [1.54, 1.807) is 0 Å². The molecule has 3 aromatic rings. The van der Waals surface area contributed by atoms with Crippen LogP contribution in [0.1, 0.15) is 100 Å². The Balaban J connectivity index is 1.42.